The zero-order valence-corrected chi connectivity index (χ0v) is 13.6. The van der Waals surface area contributed by atoms with Crippen LogP contribution in [0.1, 0.15) is 34.1 Å². The summed E-state index contributed by atoms with van der Waals surface area (Å²) in [4.78, 5) is 0. The van der Waals surface area contributed by atoms with Crippen molar-refractivity contribution in [1.82, 2.24) is 0 Å². The summed E-state index contributed by atoms with van der Waals surface area (Å²) < 4.78 is 22.0. The molecule has 0 aromatic rings. The largest absolute Gasteiger partial charge is 0.500 e. The second-order valence-corrected chi connectivity index (χ2v) is 4.69. The van der Waals surface area contributed by atoms with Crippen molar-refractivity contribution < 1.29 is 29.2 Å². The molecule has 0 aliphatic carbocycles. The molecule has 0 saturated heterocycles. The van der Waals surface area contributed by atoms with Crippen LogP contribution in [0, 0.1) is 5.41 Å². The SMILES string of the molecule is CCOC(C=COCC(CC)(CO)CO)(OCC)OCC. The molecule has 0 aliphatic rings. The van der Waals surface area contributed by atoms with E-state index >= 15 is 0 Å². The van der Waals surface area contributed by atoms with Crippen LogP contribution in [0.3, 0.4) is 0 Å². The van der Waals surface area contributed by atoms with Crippen molar-refractivity contribution in [1.29, 1.82) is 0 Å². The number of ether oxygens (including phenoxy) is 4. The Morgan fingerprint density at radius 3 is 1.67 bits per heavy atom. The van der Waals surface area contributed by atoms with Crippen molar-refractivity contribution >= 4 is 0 Å². The van der Waals surface area contributed by atoms with Crippen LogP contribution >= 0.6 is 0 Å². The molecule has 6 heteroatoms. The van der Waals surface area contributed by atoms with Crippen LogP contribution in [-0.4, -0.2) is 55.8 Å². The van der Waals surface area contributed by atoms with E-state index in [1.807, 2.05) is 27.7 Å². The maximum atomic E-state index is 9.35. The van der Waals surface area contributed by atoms with Gasteiger partial charge in [-0.15, -0.1) is 0 Å². The van der Waals surface area contributed by atoms with Crippen molar-refractivity contribution in [3.05, 3.63) is 12.3 Å². The highest BCUT2D eigenvalue weighted by atomic mass is 16.9. The predicted octanol–water partition coefficient (Wildman–Crippen LogP) is 1.66. The Morgan fingerprint density at radius 1 is 0.857 bits per heavy atom. The first-order valence-corrected chi connectivity index (χ1v) is 7.50. The molecule has 0 bridgehead atoms. The summed E-state index contributed by atoms with van der Waals surface area (Å²) in [5.74, 6) is -1.26. The standard InChI is InChI=1S/C15H30O6/c1-5-14(11-16,12-17)13-18-10-9-15(19-6-2,20-7-3)21-8-4/h9-10,16-17H,5-8,11-13H2,1-4H3. The third-order valence-electron chi connectivity index (χ3n) is 3.22. The quantitative estimate of drug-likeness (QED) is 0.398. The van der Waals surface area contributed by atoms with Gasteiger partial charge >= 0.3 is 5.97 Å². The van der Waals surface area contributed by atoms with Gasteiger partial charge < -0.3 is 29.2 Å². The molecule has 0 fully saturated rings. The van der Waals surface area contributed by atoms with Gasteiger partial charge in [0.1, 0.15) is 0 Å². The highest BCUT2D eigenvalue weighted by molar-refractivity contribution is 4.87. The lowest BCUT2D eigenvalue weighted by Crippen LogP contribution is -2.37. The van der Waals surface area contributed by atoms with Crippen molar-refractivity contribution in [2.24, 2.45) is 5.41 Å². The average molecular weight is 306 g/mol. The normalized spacial score (nSPS) is 13.0. The molecule has 0 aliphatic heterocycles. The first-order valence-electron chi connectivity index (χ1n) is 7.50. The topological polar surface area (TPSA) is 77.4 Å². The highest BCUT2D eigenvalue weighted by Gasteiger charge is 2.30. The summed E-state index contributed by atoms with van der Waals surface area (Å²) in [5.41, 5.74) is -0.643. The third kappa shape index (κ3) is 6.76. The lowest BCUT2D eigenvalue weighted by atomic mass is 9.88. The molecular formula is C15H30O6. The molecule has 126 valence electrons. The fourth-order valence-electron chi connectivity index (χ4n) is 1.70. The number of aliphatic hydroxyl groups excluding tert-OH is 2. The Kier molecular flexibility index (Phi) is 10.6. The van der Waals surface area contributed by atoms with Crippen LogP contribution in [0.2, 0.25) is 0 Å². The molecule has 0 rings (SSSR count). The van der Waals surface area contributed by atoms with E-state index in [2.05, 4.69) is 0 Å². The summed E-state index contributed by atoms with van der Waals surface area (Å²) in [6, 6.07) is 0. The van der Waals surface area contributed by atoms with Gasteiger partial charge in [-0.2, -0.15) is 0 Å². The number of aliphatic hydroxyl groups is 2. The van der Waals surface area contributed by atoms with Crippen molar-refractivity contribution in [2.45, 2.75) is 40.1 Å². The minimum absolute atomic E-state index is 0.138. The maximum Gasteiger partial charge on any atom is 0.307 e. The van der Waals surface area contributed by atoms with E-state index in [0.717, 1.165) is 0 Å². The molecule has 0 saturated carbocycles. The summed E-state index contributed by atoms with van der Waals surface area (Å²) in [6.45, 7) is 8.65. The number of hydrogen-bond donors (Lipinski definition) is 2. The van der Waals surface area contributed by atoms with Gasteiger partial charge in [0.15, 0.2) is 0 Å². The Balaban J connectivity index is 4.69. The van der Waals surface area contributed by atoms with Crippen molar-refractivity contribution in [3.8, 4) is 0 Å². The smallest absolute Gasteiger partial charge is 0.307 e. The Hall–Kier alpha value is -0.660. The van der Waals surface area contributed by atoms with E-state index in [-0.39, 0.29) is 19.8 Å². The Labute approximate surface area is 127 Å². The van der Waals surface area contributed by atoms with Crippen LogP contribution in [-0.2, 0) is 18.9 Å². The van der Waals surface area contributed by atoms with Crippen LogP contribution in [0.15, 0.2) is 12.3 Å². The van der Waals surface area contributed by atoms with Gasteiger partial charge in [-0.3, -0.25) is 0 Å². The fourth-order valence-corrected chi connectivity index (χ4v) is 1.70. The lowest BCUT2D eigenvalue weighted by Gasteiger charge is -2.30. The zero-order valence-electron chi connectivity index (χ0n) is 13.6. The predicted molar refractivity (Wildman–Crippen MR) is 79.6 cm³/mol. The van der Waals surface area contributed by atoms with Crippen LogP contribution in [0.5, 0.6) is 0 Å². The molecule has 0 unspecified atom stereocenters. The van der Waals surface area contributed by atoms with E-state index in [1.54, 1.807) is 6.08 Å². The van der Waals surface area contributed by atoms with Gasteiger partial charge in [-0.1, -0.05) is 6.92 Å². The van der Waals surface area contributed by atoms with Crippen LogP contribution < -0.4 is 0 Å². The van der Waals surface area contributed by atoms with Gasteiger partial charge in [-0.05, 0) is 27.2 Å². The summed E-state index contributed by atoms with van der Waals surface area (Å²) in [7, 11) is 0. The van der Waals surface area contributed by atoms with E-state index in [9.17, 15) is 10.2 Å². The molecule has 6 nitrogen and oxygen atoms in total. The molecule has 0 heterocycles. The highest BCUT2D eigenvalue weighted by Crippen LogP contribution is 2.22. The first kappa shape index (κ1) is 20.3. The van der Waals surface area contributed by atoms with Gasteiger partial charge in [0.2, 0.25) is 0 Å². The van der Waals surface area contributed by atoms with Gasteiger partial charge in [0.05, 0.1) is 31.5 Å². The minimum Gasteiger partial charge on any atom is -0.500 e. The Bertz CT molecular complexity index is 250. The fraction of sp³-hybridized carbons (Fsp3) is 0.867. The number of hydrogen-bond acceptors (Lipinski definition) is 6. The van der Waals surface area contributed by atoms with Gasteiger partial charge in [-0.25, -0.2) is 0 Å². The average Bonchev–Trinajstić information content (AvgIpc) is 2.49. The third-order valence-corrected chi connectivity index (χ3v) is 3.22. The van der Waals surface area contributed by atoms with E-state index in [0.29, 0.717) is 26.2 Å². The minimum atomic E-state index is -1.26. The lowest BCUT2D eigenvalue weighted by molar-refractivity contribution is -0.346. The molecule has 0 aromatic heterocycles. The first-order chi connectivity index (χ1) is 10.1. The van der Waals surface area contributed by atoms with Gasteiger partial charge in [0.25, 0.3) is 0 Å². The molecular weight excluding hydrogens is 276 g/mol. The number of rotatable bonds is 13. The maximum absolute atomic E-state index is 9.35. The molecule has 2 N–H and O–H groups in total. The van der Waals surface area contributed by atoms with Crippen LogP contribution in [0.25, 0.3) is 0 Å². The summed E-state index contributed by atoms with van der Waals surface area (Å²) in [6.07, 6.45) is 3.59. The van der Waals surface area contributed by atoms with E-state index < -0.39 is 11.4 Å². The molecule has 0 atom stereocenters. The molecule has 0 spiro atoms. The van der Waals surface area contributed by atoms with Gasteiger partial charge in [0, 0.05) is 25.9 Å². The Morgan fingerprint density at radius 2 is 1.33 bits per heavy atom. The monoisotopic (exact) mass is 306 g/mol. The summed E-state index contributed by atoms with van der Waals surface area (Å²) >= 11 is 0. The van der Waals surface area contributed by atoms with Crippen molar-refractivity contribution in [3.63, 3.8) is 0 Å². The van der Waals surface area contributed by atoms with Crippen molar-refractivity contribution in [2.75, 3.05) is 39.6 Å². The van der Waals surface area contributed by atoms with E-state index in [1.165, 1.54) is 6.26 Å². The molecule has 0 radical (unpaired) electrons. The zero-order chi connectivity index (χ0) is 16.2. The van der Waals surface area contributed by atoms with Crippen LogP contribution in [0.4, 0.5) is 0 Å². The summed E-state index contributed by atoms with van der Waals surface area (Å²) in [5, 5.41) is 18.7. The second-order valence-electron chi connectivity index (χ2n) is 4.69. The second kappa shape index (κ2) is 11.0. The molecule has 0 amide bonds. The molecule has 0 aromatic carbocycles. The van der Waals surface area contributed by atoms with E-state index in [4.69, 9.17) is 18.9 Å². The molecule has 21 heavy (non-hydrogen) atoms.